The summed E-state index contributed by atoms with van der Waals surface area (Å²) in [5.74, 6) is -1.11. The minimum atomic E-state index is -4.84. The molecule has 0 aromatic heterocycles. The molecule has 6 rings (SSSR count). The third kappa shape index (κ3) is 69.8. The van der Waals surface area contributed by atoms with Gasteiger partial charge in [-0.3, -0.25) is 38.1 Å². The van der Waals surface area contributed by atoms with E-state index >= 15 is 0 Å². The van der Waals surface area contributed by atoms with Crippen LogP contribution in [0.1, 0.15) is 282 Å². The Morgan fingerprint density at radius 1 is 0.326 bits per heavy atom. The van der Waals surface area contributed by atoms with Gasteiger partial charge >= 0.3 is 81.7 Å². The van der Waals surface area contributed by atoms with Gasteiger partial charge in [0.25, 0.3) is 10.4 Å². The van der Waals surface area contributed by atoms with Crippen LogP contribution >= 0.6 is 0 Å². The molecule has 0 aliphatic rings. The van der Waals surface area contributed by atoms with E-state index in [2.05, 4.69) is 31.7 Å². The molecule has 724 valence electrons. The molecule has 27 nitrogen and oxygen atoms in total. The summed E-state index contributed by atoms with van der Waals surface area (Å²) in [6.07, 6.45) is 36.5. The van der Waals surface area contributed by atoms with Crippen molar-refractivity contribution in [2.24, 2.45) is 35.5 Å². The maximum Gasteiger partial charge on any atom is 1.00 e. The Kier molecular flexibility index (Phi) is 76.4. The van der Waals surface area contributed by atoms with Gasteiger partial charge in [-0.1, -0.05) is 250 Å². The van der Waals surface area contributed by atoms with Crippen LogP contribution < -0.4 is 37.9 Å². The average Bonchev–Trinajstić information content (AvgIpc) is 0.853. The van der Waals surface area contributed by atoms with Gasteiger partial charge in [-0.2, -0.15) is 8.42 Å². The molecule has 0 saturated carbocycles. The summed E-state index contributed by atoms with van der Waals surface area (Å²) in [5.41, 5.74) is 6.59. The quantitative estimate of drug-likeness (QED) is 0.00516. The molecule has 0 amide bonds. The number of aryl methyl sites for hydroxylation is 4. The van der Waals surface area contributed by atoms with E-state index in [0.29, 0.717) is 36.5 Å². The first-order valence-electron chi connectivity index (χ1n) is 44.2. The van der Waals surface area contributed by atoms with Crippen molar-refractivity contribution in [1.29, 1.82) is 0 Å². The third-order valence-electron chi connectivity index (χ3n) is 20.8. The first-order valence-corrected chi connectivity index (χ1v) is 46.9. The Labute approximate surface area is 792 Å². The predicted octanol–water partition coefficient (Wildman–Crippen LogP) is 18.3. The maximum atomic E-state index is 12.2. The number of carboxylic acids is 1. The predicted molar refractivity (Wildman–Crippen MR) is 498 cm³/mol. The van der Waals surface area contributed by atoms with Gasteiger partial charge in [0, 0.05) is 6.92 Å². The number of phenols is 4. The monoisotopic (exact) mass is 1860 g/mol. The van der Waals surface area contributed by atoms with Crippen LogP contribution in [-0.4, -0.2) is 141 Å². The molecule has 6 atom stereocenters. The number of benzene rings is 6. The molecule has 0 radical (unpaired) electrons. The van der Waals surface area contributed by atoms with E-state index in [1.807, 2.05) is 69.3 Å². The van der Waals surface area contributed by atoms with E-state index in [1.54, 1.807) is 79.7 Å². The molecule has 0 spiro atoms. The van der Waals surface area contributed by atoms with Gasteiger partial charge in [-0.05, 0) is 209 Å². The molecule has 0 saturated heterocycles. The number of aromatic hydroxyl groups is 4. The van der Waals surface area contributed by atoms with Gasteiger partial charge in [-0.15, -0.1) is 0 Å². The van der Waals surface area contributed by atoms with Crippen LogP contribution in [0.25, 0.3) is 0 Å². The first kappa shape index (κ1) is 126. The molecule has 6 aromatic carbocycles. The van der Waals surface area contributed by atoms with Gasteiger partial charge in [0.2, 0.25) is 0 Å². The molecule has 30 heteroatoms. The molecule has 0 fully saturated rings. The number of carbonyl (C=O) groups excluding carboxylic acids is 6. The van der Waals surface area contributed by atoms with Gasteiger partial charge in [0.1, 0.15) is 34.5 Å². The second kappa shape index (κ2) is 77.9. The van der Waals surface area contributed by atoms with Crippen molar-refractivity contribution in [2.75, 3.05) is 42.7 Å². The molecule has 6 unspecified atom stereocenters. The van der Waals surface area contributed by atoms with Crippen LogP contribution in [-0.2, 0) is 121 Å². The molecule has 0 aliphatic carbocycles. The van der Waals surface area contributed by atoms with Crippen molar-refractivity contribution >= 4 is 62.6 Å². The SMILES string of the molecule is C.CCCCCCC(C)C(=O)O.CCCCCCC(C)C(=O)OC.COC(=O)C(C)CCCCCCc1ccc(O)cc1.COC(=O)C(C)CCCCCCc1ccc(O)cc1.COC(=O)C(CCCCCCc1ccc(O)cc1)Cc1ccc(O)cc1.COC(=O)C(CCCCCCc1ccc(OS(=O)(=O)O)cc1)Cc1ccc(OS(=O)(=O)[O-])cc1.COC(C)=O.[Na+].[OH-]. The van der Waals surface area contributed by atoms with Crippen molar-refractivity contribution in [3.05, 3.63) is 179 Å². The summed E-state index contributed by atoms with van der Waals surface area (Å²) in [4.78, 5) is 77.5. The molecule has 129 heavy (non-hydrogen) atoms. The fourth-order valence-electron chi connectivity index (χ4n) is 13.0. The molecule has 6 aromatic rings. The summed E-state index contributed by atoms with van der Waals surface area (Å²) < 4.78 is 98.7. The number of hydrogen-bond donors (Lipinski definition) is 6. The molecule has 0 bridgehead atoms. The van der Waals surface area contributed by atoms with Gasteiger partial charge in [0.05, 0.1) is 78.2 Å². The number of aliphatic carboxylic acids is 1. The summed E-state index contributed by atoms with van der Waals surface area (Å²) >= 11 is 0. The topological polar surface area (TPSA) is 436 Å². The fraction of sp³-hybridized carbons (Fsp3) is 0.566. The van der Waals surface area contributed by atoms with E-state index in [0.717, 1.165) is 177 Å². The Hall–Kier alpha value is -8.81. The normalized spacial score (nSPS) is 11.8. The largest absolute Gasteiger partial charge is 1.00 e. The van der Waals surface area contributed by atoms with E-state index in [9.17, 15) is 75.4 Å². The number of phenolic OH excluding ortho intramolecular Hbond substituents is 4. The van der Waals surface area contributed by atoms with Crippen LogP contribution in [0.4, 0.5) is 0 Å². The van der Waals surface area contributed by atoms with Crippen molar-refractivity contribution in [2.45, 2.75) is 287 Å². The van der Waals surface area contributed by atoms with Crippen LogP contribution in [0.3, 0.4) is 0 Å². The van der Waals surface area contributed by atoms with E-state index < -0.39 is 26.8 Å². The number of rotatable bonds is 52. The van der Waals surface area contributed by atoms with Crippen LogP contribution in [0.15, 0.2) is 146 Å². The Morgan fingerprint density at radius 2 is 0.543 bits per heavy atom. The zero-order chi connectivity index (χ0) is 94.5. The average molecular weight is 1860 g/mol. The smallest absolute Gasteiger partial charge is 0.870 e. The number of carboxylic acid groups (broad SMARTS) is 1. The van der Waals surface area contributed by atoms with Crippen molar-refractivity contribution in [1.82, 2.24) is 0 Å². The van der Waals surface area contributed by atoms with Crippen LogP contribution in [0, 0.1) is 35.5 Å². The molecular formula is C99H152NaO27S2-. The Balaban J connectivity index is -0.000000742. The second-order valence-electron chi connectivity index (χ2n) is 31.5. The van der Waals surface area contributed by atoms with Gasteiger partial charge in [0.15, 0.2) is 0 Å². The number of hydrogen-bond acceptors (Lipinski definition) is 25. The molecule has 0 heterocycles. The summed E-state index contributed by atoms with van der Waals surface area (Å²) in [5, 5.41) is 45.5. The van der Waals surface area contributed by atoms with Gasteiger partial charge in [-0.25, -0.2) is 8.42 Å². The minimum absolute atomic E-state index is 0. The van der Waals surface area contributed by atoms with Crippen molar-refractivity contribution in [3.8, 4) is 34.5 Å². The summed E-state index contributed by atoms with van der Waals surface area (Å²) in [6, 6.07) is 41.5. The fourth-order valence-corrected chi connectivity index (χ4v) is 13.7. The van der Waals surface area contributed by atoms with Crippen molar-refractivity contribution in [3.63, 3.8) is 0 Å². The zero-order valence-corrected chi connectivity index (χ0v) is 82.0. The van der Waals surface area contributed by atoms with E-state index in [-0.39, 0.29) is 131 Å². The van der Waals surface area contributed by atoms with Crippen molar-refractivity contribution < 1.29 is 157 Å². The summed E-state index contributed by atoms with van der Waals surface area (Å²) in [7, 11) is -0.924. The standard InChI is InChI=1S/C22H28O10S2.C22H28O4.2C16H24O3.C10H20O2.C9H18O2.C3H6O2.CH4.Na.H2O/c1-30-22(23)19(16-18-10-14-21(15-11-18)32-34(27,28)29)7-5-3-2-4-6-17-8-12-20(13-9-17)31-33(24,25)26;1-26-22(25)19(16-18-10-14-21(24)15-11-18)7-5-3-2-4-6-17-8-12-20(23)13-9-17;2*1-13(16(18)19-2)7-5-3-4-6-8-14-9-11-15(17)12-10-14;1-4-5-6-7-8-9(2)10(11)12-3;1-3-4-5-6-7-8(2)9(10)11;1-3(4)5-2;;;/h8-15,19H,2-7,16H2,1H3,(H,24,25,26)(H,27,28,29);8-15,19,23-24H,2-7,16H2,1H3;2*9-13,17H,3-8H2,1-2H3;9H,4-8H2,1-3H3;8H,3-7H2,1-2H3,(H,10,11);1-2H3;1H4;;1H2/q;;;;;;;;+1;/p-2. The number of methoxy groups -OCH3 is 6. The third-order valence-corrected chi connectivity index (χ3v) is 21.6. The summed E-state index contributed by atoms with van der Waals surface area (Å²) in [6.45, 7) is 13.2. The minimum Gasteiger partial charge on any atom is -0.870 e. The van der Waals surface area contributed by atoms with Crippen LogP contribution in [0.5, 0.6) is 34.5 Å². The zero-order valence-electron chi connectivity index (χ0n) is 78.4. The maximum absolute atomic E-state index is 12.2. The second-order valence-corrected chi connectivity index (χ2v) is 33.5. The number of unbranched alkanes of at least 4 members (excludes halogenated alkanes) is 18. The first-order chi connectivity index (χ1) is 60.0. The molecule has 0 aliphatic heterocycles. The Bertz CT molecular complexity index is 4020. The van der Waals surface area contributed by atoms with E-state index in [1.165, 1.54) is 142 Å². The number of carbonyl (C=O) groups is 7. The number of esters is 6. The number of ether oxygens (including phenoxy) is 6. The molecular weight excluding hydrogens is 1710 g/mol. The molecule has 7 N–H and O–H groups in total. The van der Waals surface area contributed by atoms with Crippen LogP contribution in [0.2, 0.25) is 0 Å². The van der Waals surface area contributed by atoms with E-state index in [4.69, 9.17) is 28.6 Å². The Morgan fingerprint density at radius 3 is 0.775 bits per heavy atom. The van der Waals surface area contributed by atoms with Gasteiger partial charge < -0.3 is 72.3 Å².